The van der Waals surface area contributed by atoms with Gasteiger partial charge in [-0.1, -0.05) is 36.5 Å². The third-order valence-electron chi connectivity index (χ3n) is 4.50. The van der Waals surface area contributed by atoms with Crippen molar-refractivity contribution in [2.45, 2.75) is 25.7 Å². The highest BCUT2D eigenvalue weighted by atomic mass is 32.1. The highest BCUT2D eigenvalue weighted by Crippen LogP contribution is 2.32. The van der Waals surface area contributed by atoms with Crippen molar-refractivity contribution in [1.29, 1.82) is 0 Å². The lowest BCUT2D eigenvalue weighted by Crippen LogP contribution is -2.26. The van der Waals surface area contributed by atoms with Gasteiger partial charge in [0.05, 0.1) is 7.11 Å². The first-order valence-electron chi connectivity index (χ1n) is 8.52. The zero-order valence-electron chi connectivity index (χ0n) is 14.6. The van der Waals surface area contributed by atoms with Crippen LogP contribution in [0.2, 0.25) is 0 Å². The average Bonchev–Trinajstić information content (AvgIpc) is 3.28. The van der Waals surface area contributed by atoms with Gasteiger partial charge in [-0.05, 0) is 24.5 Å². The zero-order valence-corrected chi connectivity index (χ0v) is 15.4. The zero-order chi connectivity index (χ0) is 18.1. The molecule has 0 saturated heterocycles. The molecule has 1 aliphatic heterocycles. The van der Waals surface area contributed by atoms with Crippen LogP contribution in [-0.2, 0) is 12.8 Å². The second kappa shape index (κ2) is 6.87. The fourth-order valence-electron chi connectivity index (χ4n) is 3.18. The normalized spacial score (nSPS) is 16.7. The molecule has 0 bridgehead atoms. The van der Waals surface area contributed by atoms with Gasteiger partial charge in [-0.3, -0.25) is 4.79 Å². The topological polar surface area (TPSA) is 92.8 Å². The van der Waals surface area contributed by atoms with Gasteiger partial charge in [-0.15, -0.1) is 10.2 Å². The van der Waals surface area contributed by atoms with Gasteiger partial charge in [0, 0.05) is 18.2 Å². The van der Waals surface area contributed by atoms with E-state index in [0.29, 0.717) is 29.5 Å². The van der Waals surface area contributed by atoms with Gasteiger partial charge in [0.2, 0.25) is 0 Å². The number of hydrogen-bond donors (Lipinski definition) is 2. The number of aryl methyl sites for hydroxylation is 1. The van der Waals surface area contributed by atoms with E-state index in [4.69, 9.17) is 4.74 Å². The van der Waals surface area contributed by atoms with Gasteiger partial charge in [0.15, 0.2) is 10.8 Å². The maximum Gasteiger partial charge on any atom is 0.271 e. The van der Waals surface area contributed by atoms with Crippen LogP contribution in [0.1, 0.15) is 39.6 Å². The second-order valence-corrected chi connectivity index (χ2v) is 7.18. The molecule has 134 valence electrons. The smallest absolute Gasteiger partial charge is 0.271 e. The molecule has 1 atom stereocenters. The van der Waals surface area contributed by atoms with Gasteiger partial charge in [-0.2, -0.15) is 0 Å². The molecule has 26 heavy (non-hydrogen) atoms. The van der Waals surface area contributed by atoms with Crippen molar-refractivity contribution in [2.75, 3.05) is 13.7 Å². The first-order chi connectivity index (χ1) is 12.7. The minimum absolute atomic E-state index is 0.102. The number of H-pyrrole nitrogens is 1. The Labute approximate surface area is 154 Å². The summed E-state index contributed by atoms with van der Waals surface area (Å²) < 4.78 is 5.49. The molecular formula is C18H19N5O2S. The van der Waals surface area contributed by atoms with E-state index < -0.39 is 0 Å². The summed E-state index contributed by atoms with van der Waals surface area (Å²) in [6, 6.07) is 7.90. The minimum Gasteiger partial charge on any atom is -0.496 e. The Kier molecular flexibility index (Phi) is 4.42. The number of para-hydroxylation sites is 1. The maximum atomic E-state index is 12.5. The number of aromatic nitrogens is 4. The lowest BCUT2D eigenvalue weighted by atomic mass is 9.93. The summed E-state index contributed by atoms with van der Waals surface area (Å²) in [6.45, 7) is 2.57. The maximum absolute atomic E-state index is 12.5. The third-order valence-corrected chi connectivity index (χ3v) is 5.58. The monoisotopic (exact) mass is 369 g/mol. The number of carbonyl (C=O) groups is 1. The summed E-state index contributed by atoms with van der Waals surface area (Å²) in [5.74, 6) is 1.36. The van der Waals surface area contributed by atoms with Gasteiger partial charge in [0.1, 0.15) is 16.5 Å². The fraction of sp³-hybridized carbons (Fsp3) is 0.333. The molecule has 4 rings (SSSR count). The largest absolute Gasteiger partial charge is 0.496 e. The van der Waals surface area contributed by atoms with E-state index >= 15 is 0 Å². The molecule has 7 nitrogen and oxygen atoms in total. The second-order valence-electron chi connectivity index (χ2n) is 6.12. The molecule has 8 heteroatoms. The lowest BCUT2D eigenvalue weighted by molar-refractivity contribution is 0.0950. The van der Waals surface area contributed by atoms with E-state index in [0.717, 1.165) is 28.4 Å². The predicted molar refractivity (Wildman–Crippen MR) is 98.6 cm³/mol. The Morgan fingerprint density at radius 3 is 2.92 bits per heavy atom. The number of fused-ring (bicyclic) bond motifs is 1. The third kappa shape index (κ3) is 2.96. The first-order valence-corrected chi connectivity index (χ1v) is 9.34. The van der Waals surface area contributed by atoms with Crippen molar-refractivity contribution < 1.29 is 9.53 Å². The van der Waals surface area contributed by atoms with E-state index in [-0.39, 0.29) is 11.8 Å². The summed E-state index contributed by atoms with van der Waals surface area (Å²) in [5, 5.41) is 12.9. The van der Waals surface area contributed by atoms with Crippen molar-refractivity contribution in [3.05, 3.63) is 46.2 Å². The highest BCUT2D eigenvalue weighted by molar-refractivity contribution is 7.14. The molecule has 3 heterocycles. The van der Waals surface area contributed by atoms with Crippen molar-refractivity contribution in [3.8, 4) is 16.6 Å². The number of imidazole rings is 1. The number of methoxy groups -OCH3 is 1. The molecule has 0 radical (unpaired) electrons. The first kappa shape index (κ1) is 16.7. The number of nitrogens with one attached hydrogen (secondary N) is 2. The van der Waals surface area contributed by atoms with Crippen LogP contribution < -0.4 is 10.1 Å². The molecule has 0 unspecified atom stereocenters. The van der Waals surface area contributed by atoms with Gasteiger partial charge < -0.3 is 15.0 Å². The molecule has 1 aromatic carbocycles. The summed E-state index contributed by atoms with van der Waals surface area (Å²) >= 11 is 1.49. The SMILES string of the molecule is CCc1nnc(-c2nc3c([nH]2)C[C@H](c2ccccc2OC)CNC3=O)s1. The van der Waals surface area contributed by atoms with Crippen LogP contribution in [0.3, 0.4) is 0 Å². The molecule has 0 aliphatic carbocycles. The van der Waals surface area contributed by atoms with Crippen molar-refractivity contribution in [1.82, 2.24) is 25.5 Å². The number of amides is 1. The van der Waals surface area contributed by atoms with Crippen LogP contribution in [0.15, 0.2) is 24.3 Å². The van der Waals surface area contributed by atoms with Crippen molar-refractivity contribution in [2.24, 2.45) is 0 Å². The quantitative estimate of drug-likeness (QED) is 0.737. The highest BCUT2D eigenvalue weighted by Gasteiger charge is 2.28. The summed E-state index contributed by atoms with van der Waals surface area (Å²) in [7, 11) is 1.66. The standard InChI is InChI=1S/C18H19N5O2S/c1-3-14-22-23-18(26-14)16-20-12-8-10(9-19-17(24)15(12)21-16)11-6-4-5-7-13(11)25-2/h4-7,10H,3,8-9H2,1-2H3,(H,19,24)(H,20,21)/t10-/m0/s1. The Balaban J connectivity index is 1.69. The molecule has 1 aliphatic rings. The average molecular weight is 369 g/mol. The number of carbonyl (C=O) groups excluding carboxylic acids is 1. The van der Waals surface area contributed by atoms with Gasteiger partial charge in [0.25, 0.3) is 5.91 Å². The van der Waals surface area contributed by atoms with Crippen molar-refractivity contribution >= 4 is 17.2 Å². The molecule has 1 amide bonds. The molecule has 0 saturated carbocycles. The molecule has 2 N–H and O–H groups in total. The Hall–Kier alpha value is -2.74. The predicted octanol–water partition coefficient (Wildman–Crippen LogP) is 2.57. The number of hydrogen-bond acceptors (Lipinski definition) is 6. The van der Waals surface area contributed by atoms with E-state index in [1.165, 1.54) is 11.3 Å². The van der Waals surface area contributed by atoms with Gasteiger partial charge in [-0.25, -0.2) is 4.98 Å². The fourth-order valence-corrected chi connectivity index (χ4v) is 3.90. The summed E-state index contributed by atoms with van der Waals surface area (Å²) in [6.07, 6.45) is 1.50. The number of ether oxygens (including phenoxy) is 1. The number of nitrogens with zero attached hydrogens (tertiary/aromatic N) is 3. The minimum atomic E-state index is -0.167. The van der Waals surface area contributed by atoms with Crippen LogP contribution in [0, 0.1) is 0 Å². The molecule has 0 spiro atoms. The number of benzene rings is 1. The lowest BCUT2D eigenvalue weighted by Gasteiger charge is -2.17. The summed E-state index contributed by atoms with van der Waals surface area (Å²) in [5.41, 5.74) is 2.33. The van der Waals surface area contributed by atoms with Crippen LogP contribution in [0.25, 0.3) is 10.8 Å². The van der Waals surface area contributed by atoms with Crippen LogP contribution >= 0.6 is 11.3 Å². The number of aromatic amines is 1. The van der Waals surface area contributed by atoms with E-state index in [9.17, 15) is 4.79 Å². The van der Waals surface area contributed by atoms with Crippen LogP contribution in [0.5, 0.6) is 5.75 Å². The van der Waals surface area contributed by atoms with E-state index in [1.807, 2.05) is 31.2 Å². The van der Waals surface area contributed by atoms with Crippen LogP contribution in [-0.4, -0.2) is 39.7 Å². The molecule has 2 aromatic heterocycles. The van der Waals surface area contributed by atoms with Crippen LogP contribution in [0.4, 0.5) is 0 Å². The Bertz CT molecular complexity index is 949. The van der Waals surface area contributed by atoms with E-state index in [1.54, 1.807) is 7.11 Å². The van der Waals surface area contributed by atoms with Crippen molar-refractivity contribution in [3.63, 3.8) is 0 Å². The molecule has 0 fully saturated rings. The number of rotatable bonds is 4. The van der Waals surface area contributed by atoms with E-state index in [2.05, 4.69) is 25.5 Å². The Morgan fingerprint density at radius 1 is 1.31 bits per heavy atom. The molecular weight excluding hydrogens is 350 g/mol. The van der Waals surface area contributed by atoms with Gasteiger partial charge >= 0.3 is 0 Å². The molecule has 3 aromatic rings. The Morgan fingerprint density at radius 2 is 2.15 bits per heavy atom. The summed E-state index contributed by atoms with van der Waals surface area (Å²) in [4.78, 5) is 20.3.